The average molecular weight is 195 g/mol. The van der Waals surface area contributed by atoms with Gasteiger partial charge in [0.1, 0.15) is 5.82 Å². The summed E-state index contributed by atoms with van der Waals surface area (Å²) in [5, 5.41) is 12.8. The van der Waals surface area contributed by atoms with E-state index in [9.17, 15) is 14.9 Å². The molecule has 0 saturated heterocycles. The van der Waals surface area contributed by atoms with Crippen molar-refractivity contribution in [2.24, 2.45) is 0 Å². The van der Waals surface area contributed by atoms with Crippen molar-refractivity contribution in [1.82, 2.24) is 4.98 Å². The molecule has 0 bridgehead atoms. The van der Waals surface area contributed by atoms with Crippen molar-refractivity contribution >= 4 is 17.4 Å². The molecule has 1 rings (SSSR count). The van der Waals surface area contributed by atoms with Crippen molar-refractivity contribution in [3.05, 3.63) is 28.4 Å². The third-order valence-electron chi connectivity index (χ3n) is 1.54. The molecule has 0 fully saturated rings. The minimum Gasteiger partial charge on any atom is -0.311 e. The Labute approximate surface area is 80.1 Å². The number of pyridine rings is 1. The molecule has 0 saturated carbocycles. The first-order valence-electron chi connectivity index (χ1n) is 4.03. The minimum atomic E-state index is -0.538. The standard InChI is InChI=1S/C8H9N3O3/c1-2-8(12)10-7-5-6(11(13)14)3-4-9-7/h3-5H,2H2,1H3,(H,9,10,12). The van der Waals surface area contributed by atoms with Gasteiger partial charge in [-0.05, 0) is 0 Å². The molecule has 1 aromatic heterocycles. The summed E-state index contributed by atoms with van der Waals surface area (Å²) in [7, 11) is 0. The minimum absolute atomic E-state index is 0.0913. The zero-order valence-electron chi connectivity index (χ0n) is 7.56. The van der Waals surface area contributed by atoms with Crippen molar-refractivity contribution in [1.29, 1.82) is 0 Å². The number of carbonyl (C=O) groups excluding carboxylic acids is 1. The third-order valence-corrected chi connectivity index (χ3v) is 1.54. The lowest BCUT2D eigenvalue weighted by Gasteiger charge is -2.00. The summed E-state index contributed by atoms with van der Waals surface area (Å²) in [4.78, 5) is 24.5. The zero-order valence-corrected chi connectivity index (χ0v) is 7.56. The number of hydrogen-bond acceptors (Lipinski definition) is 4. The maximum Gasteiger partial charge on any atom is 0.274 e. The van der Waals surface area contributed by atoms with E-state index < -0.39 is 4.92 Å². The van der Waals surface area contributed by atoms with E-state index in [2.05, 4.69) is 10.3 Å². The SMILES string of the molecule is CCC(=O)Nc1cc([N+](=O)[O-])ccn1. The van der Waals surface area contributed by atoms with Crippen molar-refractivity contribution in [2.75, 3.05) is 5.32 Å². The van der Waals surface area contributed by atoms with Crippen molar-refractivity contribution in [2.45, 2.75) is 13.3 Å². The fraction of sp³-hybridized carbons (Fsp3) is 0.250. The van der Waals surface area contributed by atoms with Crippen LogP contribution < -0.4 is 5.32 Å². The van der Waals surface area contributed by atoms with Crippen LogP contribution in [0.4, 0.5) is 11.5 Å². The van der Waals surface area contributed by atoms with Gasteiger partial charge < -0.3 is 5.32 Å². The lowest BCUT2D eigenvalue weighted by molar-refractivity contribution is -0.384. The third kappa shape index (κ3) is 2.51. The van der Waals surface area contributed by atoms with Crippen LogP contribution in [0.2, 0.25) is 0 Å². The molecule has 74 valence electrons. The van der Waals surface area contributed by atoms with Gasteiger partial charge in [-0.2, -0.15) is 0 Å². The predicted molar refractivity (Wildman–Crippen MR) is 49.8 cm³/mol. The number of anilines is 1. The normalized spacial score (nSPS) is 9.50. The molecule has 0 aromatic carbocycles. The molecular formula is C8H9N3O3. The molecule has 14 heavy (non-hydrogen) atoms. The molecule has 0 spiro atoms. The van der Waals surface area contributed by atoms with E-state index in [1.165, 1.54) is 18.3 Å². The molecule has 0 atom stereocenters. The number of nitrogens with one attached hydrogen (secondary N) is 1. The summed E-state index contributed by atoms with van der Waals surface area (Å²) < 4.78 is 0. The van der Waals surface area contributed by atoms with Crippen LogP contribution in [0.15, 0.2) is 18.3 Å². The second-order valence-electron chi connectivity index (χ2n) is 2.56. The van der Waals surface area contributed by atoms with E-state index in [-0.39, 0.29) is 17.4 Å². The van der Waals surface area contributed by atoms with Gasteiger partial charge in [0.05, 0.1) is 11.0 Å². The molecular weight excluding hydrogens is 186 g/mol. The fourth-order valence-corrected chi connectivity index (χ4v) is 0.833. The van der Waals surface area contributed by atoms with E-state index >= 15 is 0 Å². The second kappa shape index (κ2) is 4.31. The average Bonchev–Trinajstić information content (AvgIpc) is 2.18. The number of aromatic nitrogens is 1. The summed E-state index contributed by atoms with van der Waals surface area (Å²) in [6, 6.07) is 2.48. The predicted octanol–water partition coefficient (Wildman–Crippen LogP) is 1.34. The Bertz CT molecular complexity index is 365. The second-order valence-corrected chi connectivity index (χ2v) is 2.56. The Morgan fingerprint density at radius 2 is 2.43 bits per heavy atom. The van der Waals surface area contributed by atoms with Crippen LogP contribution in [-0.4, -0.2) is 15.8 Å². The molecule has 0 aliphatic heterocycles. The first-order valence-corrected chi connectivity index (χ1v) is 4.03. The number of rotatable bonds is 3. The molecule has 6 nitrogen and oxygen atoms in total. The highest BCUT2D eigenvalue weighted by atomic mass is 16.6. The van der Waals surface area contributed by atoms with Gasteiger partial charge >= 0.3 is 0 Å². The van der Waals surface area contributed by atoms with Crippen molar-refractivity contribution < 1.29 is 9.72 Å². The van der Waals surface area contributed by atoms with Crippen LogP contribution in [-0.2, 0) is 4.79 Å². The van der Waals surface area contributed by atoms with Crippen LogP contribution >= 0.6 is 0 Å². The molecule has 1 N–H and O–H groups in total. The topological polar surface area (TPSA) is 85.1 Å². The van der Waals surface area contributed by atoms with Gasteiger partial charge in [0.25, 0.3) is 5.69 Å². The highest BCUT2D eigenvalue weighted by Crippen LogP contribution is 2.13. The number of carbonyl (C=O) groups is 1. The number of nitrogens with zero attached hydrogens (tertiary/aromatic N) is 2. The smallest absolute Gasteiger partial charge is 0.274 e. The Morgan fingerprint density at radius 1 is 1.71 bits per heavy atom. The fourth-order valence-electron chi connectivity index (χ4n) is 0.833. The lowest BCUT2D eigenvalue weighted by Crippen LogP contribution is -2.10. The maximum absolute atomic E-state index is 10.9. The Balaban J connectivity index is 2.83. The quantitative estimate of drug-likeness (QED) is 0.582. The van der Waals surface area contributed by atoms with Crippen LogP contribution in [0.1, 0.15) is 13.3 Å². The van der Waals surface area contributed by atoms with E-state index in [4.69, 9.17) is 0 Å². The van der Waals surface area contributed by atoms with Gasteiger partial charge in [-0.25, -0.2) is 4.98 Å². The Morgan fingerprint density at radius 3 is 3.00 bits per heavy atom. The molecule has 1 heterocycles. The molecule has 1 aromatic rings. The van der Waals surface area contributed by atoms with Gasteiger partial charge in [0.2, 0.25) is 5.91 Å². The van der Waals surface area contributed by atoms with Crippen molar-refractivity contribution in [3.63, 3.8) is 0 Å². The van der Waals surface area contributed by atoms with E-state index in [0.717, 1.165) is 0 Å². The van der Waals surface area contributed by atoms with E-state index in [1.54, 1.807) is 6.92 Å². The van der Waals surface area contributed by atoms with Gasteiger partial charge in [-0.3, -0.25) is 14.9 Å². The number of nitro groups is 1. The molecule has 6 heteroatoms. The molecule has 0 aliphatic rings. The first kappa shape index (κ1) is 10.1. The highest BCUT2D eigenvalue weighted by molar-refractivity contribution is 5.89. The largest absolute Gasteiger partial charge is 0.311 e. The Hall–Kier alpha value is -1.98. The monoisotopic (exact) mass is 195 g/mol. The summed E-state index contributed by atoms with van der Waals surface area (Å²) in [6.07, 6.45) is 1.59. The summed E-state index contributed by atoms with van der Waals surface area (Å²) in [5.41, 5.74) is -0.0913. The summed E-state index contributed by atoms with van der Waals surface area (Å²) in [6.45, 7) is 1.69. The zero-order chi connectivity index (χ0) is 10.6. The molecule has 1 amide bonds. The van der Waals surface area contributed by atoms with Crippen LogP contribution in [0.25, 0.3) is 0 Å². The number of amides is 1. The lowest BCUT2D eigenvalue weighted by atomic mass is 10.4. The van der Waals surface area contributed by atoms with E-state index in [1.807, 2.05) is 0 Å². The molecule has 0 radical (unpaired) electrons. The molecule has 0 aliphatic carbocycles. The maximum atomic E-state index is 10.9. The van der Waals surface area contributed by atoms with E-state index in [0.29, 0.717) is 6.42 Å². The van der Waals surface area contributed by atoms with Crippen molar-refractivity contribution in [3.8, 4) is 0 Å². The van der Waals surface area contributed by atoms with Gasteiger partial charge in [0.15, 0.2) is 0 Å². The van der Waals surface area contributed by atoms with Crippen LogP contribution in [0.3, 0.4) is 0 Å². The van der Waals surface area contributed by atoms with Crippen LogP contribution in [0, 0.1) is 10.1 Å². The Kier molecular flexibility index (Phi) is 3.11. The summed E-state index contributed by atoms with van der Waals surface area (Å²) >= 11 is 0. The highest BCUT2D eigenvalue weighted by Gasteiger charge is 2.07. The van der Waals surface area contributed by atoms with Gasteiger partial charge in [-0.1, -0.05) is 6.92 Å². The van der Waals surface area contributed by atoms with Gasteiger partial charge in [-0.15, -0.1) is 0 Å². The number of hydrogen-bond donors (Lipinski definition) is 1. The van der Waals surface area contributed by atoms with Gasteiger partial charge in [0, 0.05) is 18.7 Å². The van der Waals surface area contributed by atoms with Crippen LogP contribution in [0.5, 0.6) is 0 Å². The molecule has 0 unspecified atom stereocenters. The first-order chi connectivity index (χ1) is 6.63. The summed E-state index contributed by atoms with van der Waals surface area (Å²) in [5.74, 6) is -0.0240.